The van der Waals surface area contributed by atoms with Gasteiger partial charge in [-0.3, -0.25) is 4.79 Å². The van der Waals surface area contributed by atoms with Gasteiger partial charge in [0, 0.05) is 0 Å². The third-order valence-corrected chi connectivity index (χ3v) is 3.85. The number of hydrogen-bond acceptors (Lipinski definition) is 4. The number of ether oxygens (including phenoxy) is 1. The molecule has 0 unspecified atom stereocenters. The molecule has 1 fully saturated rings. The maximum Gasteiger partial charge on any atom is 0.314 e. The van der Waals surface area contributed by atoms with Crippen LogP contribution in [0.2, 0.25) is 0 Å². The van der Waals surface area contributed by atoms with Gasteiger partial charge in [-0.2, -0.15) is 0 Å². The van der Waals surface area contributed by atoms with E-state index < -0.39 is 16.6 Å². The van der Waals surface area contributed by atoms with E-state index in [-0.39, 0.29) is 12.1 Å². The van der Waals surface area contributed by atoms with Gasteiger partial charge in [0.1, 0.15) is 5.60 Å². The first-order valence-electron chi connectivity index (χ1n) is 6.62. The van der Waals surface area contributed by atoms with Crippen molar-refractivity contribution in [2.75, 3.05) is 0 Å². The second-order valence-electron chi connectivity index (χ2n) is 6.89. The minimum absolute atomic E-state index is 0.361. The van der Waals surface area contributed by atoms with Crippen molar-refractivity contribution in [3.8, 4) is 0 Å². The zero-order valence-corrected chi connectivity index (χ0v) is 12.1. The highest BCUT2D eigenvalue weighted by Gasteiger charge is 2.51. The Hall–Kier alpha value is -0.610. The van der Waals surface area contributed by atoms with Crippen LogP contribution in [0.4, 0.5) is 0 Å². The first kappa shape index (κ1) is 15.4. The lowest BCUT2D eigenvalue weighted by atomic mass is 9.66. The normalized spacial score (nSPS) is 30.1. The van der Waals surface area contributed by atoms with Crippen molar-refractivity contribution in [3.63, 3.8) is 0 Å². The molecule has 18 heavy (non-hydrogen) atoms. The van der Waals surface area contributed by atoms with Gasteiger partial charge >= 0.3 is 5.97 Å². The number of rotatable bonds is 2. The zero-order chi connectivity index (χ0) is 14.2. The van der Waals surface area contributed by atoms with Crippen LogP contribution in [0.15, 0.2) is 0 Å². The fourth-order valence-corrected chi connectivity index (χ4v) is 2.30. The van der Waals surface area contributed by atoms with Crippen LogP contribution in [0, 0.1) is 5.41 Å². The Morgan fingerprint density at radius 2 is 1.61 bits per heavy atom. The predicted molar refractivity (Wildman–Crippen MR) is 69.1 cm³/mol. The third kappa shape index (κ3) is 3.23. The molecule has 1 saturated carbocycles. The highest BCUT2D eigenvalue weighted by atomic mass is 16.6. The van der Waals surface area contributed by atoms with Crippen LogP contribution < -0.4 is 0 Å². The second-order valence-corrected chi connectivity index (χ2v) is 6.89. The molecule has 1 rings (SSSR count). The highest BCUT2D eigenvalue weighted by Crippen LogP contribution is 2.43. The fourth-order valence-electron chi connectivity index (χ4n) is 2.30. The predicted octanol–water partition coefficient (Wildman–Crippen LogP) is 2.02. The molecule has 0 saturated heterocycles. The summed E-state index contributed by atoms with van der Waals surface area (Å²) < 4.78 is 5.39. The number of carbonyl (C=O) groups excluding carboxylic acids is 1. The van der Waals surface area contributed by atoms with Gasteiger partial charge in [0.05, 0.1) is 17.1 Å². The standard InChI is InChI=1S/C14H26O4/c1-12(2,3)18-11(16)13(4,5)14(17)8-6-10(15)7-9-14/h10,15,17H,6-9H2,1-5H3. The quantitative estimate of drug-likeness (QED) is 0.744. The SMILES string of the molecule is CC(C)(C)OC(=O)C(C)(C)C1(O)CCC(O)CC1. The summed E-state index contributed by atoms with van der Waals surface area (Å²) in [5, 5.41) is 20.2. The van der Waals surface area contributed by atoms with Gasteiger partial charge < -0.3 is 14.9 Å². The molecular formula is C14H26O4. The van der Waals surface area contributed by atoms with Crippen LogP contribution in [-0.2, 0) is 9.53 Å². The summed E-state index contributed by atoms with van der Waals surface area (Å²) >= 11 is 0. The molecule has 4 heteroatoms. The average molecular weight is 258 g/mol. The number of carbonyl (C=O) groups is 1. The van der Waals surface area contributed by atoms with Crippen LogP contribution in [0.5, 0.6) is 0 Å². The number of aliphatic hydroxyl groups excluding tert-OH is 1. The van der Waals surface area contributed by atoms with E-state index in [9.17, 15) is 15.0 Å². The van der Waals surface area contributed by atoms with E-state index in [0.29, 0.717) is 25.7 Å². The summed E-state index contributed by atoms with van der Waals surface area (Å²) in [6.07, 6.45) is 1.56. The molecule has 1 aliphatic rings. The van der Waals surface area contributed by atoms with E-state index in [1.165, 1.54) is 0 Å². The monoisotopic (exact) mass is 258 g/mol. The topological polar surface area (TPSA) is 66.8 Å². The van der Waals surface area contributed by atoms with Crippen LogP contribution >= 0.6 is 0 Å². The van der Waals surface area contributed by atoms with E-state index in [1.54, 1.807) is 13.8 Å². The summed E-state index contributed by atoms with van der Waals surface area (Å²) in [7, 11) is 0. The molecule has 0 aromatic rings. The number of esters is 1. The van der Waals surface area contributed by atoms with Gasteiger partial charge in [-0.05, 0) is 60.3 Å². The lowest BCUT2D eigenvalue weighted by Gasteiger charge is -2.45. The van der Waals surface area contributed by atoms with Crippen molar-refractivity contribution >= 4 is 5.97 Å². The van der Waals surface area contributed by atoms with Crippen molar-refractivity contribution in [1.29, 1.82) is 0 Å². The minimum atomic E-state index is -1.09. The summed E-state index contributed by atoms with van der Waals surface area (Å²) in [4.78, 5) is 12.2. The van der Waals surface area contributed by atoms with Crippen molar-refractivity contribution in [2.24, 2.45) is 5.41 Å². The van der Waals surface area contributed by atoms with Gasteiger partial charge in [0.25, 0.3) is 0 Å². The summed E-state index contributed by atoms with van der Waals surface area (Å²) in [5.41, 5.74) is -2.60. The second kappa shape index (κ2) is 4.82. The van der Waals surface area contributed by atoms with E-state index >= 15 is 0 Å². The number of aliphatic hydroxyl groups is 2. The van der Waals surface area contributed by atoms with Crippen LogP contribution in [0.1, 0.15) is 60.3 Å². The van der Waals surface area contributed by atoms with Crippen molar-refractivity contribution in [1.82, 2.24) is 0 Å². The molecule has 106 valence electrons. The van der Waals surface area contributed by atoms with Crippen molar-refractivity contribution in [3.05, 3.63) is 0 Å². The minimum Gasteiger partial charge on any atom is -0.459 e. The molecule has 0 aromatic heterocycles. The molecule has 0 radical (unpaired) electrons. The maximum atomic E-state index is 12.2. The molecule has 0 amide bonds. The number of hydrogen-bond donors (Lipinski definition) is 2. The maximum absolute atomic E-state index is 12.2. The molecule has 4 nitrogen and oxygen atoms in total. The van der Waals surface area contributed by atoms with Gasteiger partial charge in [-0.1, -0.05) is 0 Å². The van der Waals surface area contributed by atoms with Crippen LogP contribution in [0.25, 0.3) is 0 Å². The molecule has 0 spiro atoms. The summed E-state index contributed by atoms with van der Waals surface area (Å²) in [5.74, 6) is -0.381. The largest absolute Gasteiger partial charge is 0.459 e. The van der Waals surface area contributed by atoms with Crippen LogP contribution in [0.3, 0.4) is 0 Å². The Labute approximate surface area is 109 Å². The van der Waals surface area contributed by atoms with Gasteiger partial charge in [-0.25, -0.2) is 0 Å². The Morgan fingerprint density at radius 3 is 2.00 bits per heavy atom. The Bertz CT molecular complexity index is 306. The van der Waals surface area contributed by atoms with E-state index in [4.69, 9.17) is 4.74 Å². The Morgan fingerprint density at radius 1 is 1.17 bits per heavy atom. The molecule has 2 N–H and O–H groups in total. The summed E-state index contributed by atoms with van der Waals surface area (Å²) in [6, 6.07) is 0. The summed E-state index contributed by atoms with van der Waals surface area (Å²) in [6.45, 7) is 8.89. The fraction of sp³-hybridized carbons (Fsp3) is 0.929. The lowest BCUT2D eigenvalue weighted by molar-refractivity contribution is -0.188. The van der Waals surface area contributed by atoms with E-state index in [0.717, 1.165) is 0 Å². The van der Waals surface area contributed by atoms with Gasteiger partial charge in [0.2, 0.25) is 0 Å². The highest BCUT2D eigenvalue weighted by molar-refractivity contribution is 5.78. The van der Waals surface area contributed by atoms with E-state index in [1.807, 2.05) is 20.8 Å². The van der Waals surface area contributed by atoms with Crippen LogP contribution in [-0.4, -0.2) is 33.5 Å². The first-order chi connectivity index (χ1) is 7.98. The van der Waals surface area contributed by atoms with E-state index in [2.05, 4.69) is 0 Å². The molecule has 0 heterocycles. The molecule has 0 bridgehead atoms. The third-order valence-electron chi connectivity index (χ3n) is 3.85. The van der Waals surface area contributed by atoms with Gasteiger partial charge in [0.15, 0.2) is 0 Å². The Kier molecular flexibility index (Phi) is 4.13. The molecule has 1 aliphatic carbocycles. The van der Waals surface area contributed by atoms with Crippen molar-refractivity contribution < 1.29 is 19.7 Å². The molecular weight excluding hydrogens is 232 g/mol. The molecule has 0 aromatic carbocycles. The first-order valence-corrected chi connectivity index (χ1v) is 6.62. The average Bonchev–Trinajstić information content (AvgIpc) is 2.20. The Balaban J connectivity index is 2.81. The van der Waals surface area contributed by atoms with Crippen molar-refractivity contribution in [2.45, 2.75) is 77.6 Å². The zero-order valence-electron chi connectivity index (χ0n) is 12.1. The molecule has 0 aliphatic heterocycles. The lowest BCUT2D eigenvalue weighted by Crippen LogP contribution is -2.53. The van der Waals surface area contributed by atoms with Gasteiger partial charge in [-0.15, -0.1) is 0 Å². The smallest absolute Gasteiger partial charge is 0.314 e. The molecule has 0 atom stereocenters.